The maximum Gasteiger partial charge on any atom is 0.231 e. The van der Waals surface area contributed by atoms with Crippen LogP contribution in [-0.2, 0) is 9.53 Å². The number of nitrogens with one attached hydrogen (secondary N) is 1. The monoisotopic (exact) mass is 421 g/mol. The van der Waals surface area contributed by atoms with Crippen LogP contribution in [-0.4, -0.2) is 83.5 Å². The first-order valence-electron chi connectivity index (χ1n) is 9.76. The minimum absolute atomic E-state index is 0.0495. The molecule has 29 heavy (non-hydrogen) atoms. The van der Waals surface area contributed by atoms with Gasteiger partial charge in [0.05, 0.1) is 37.3 Å². The van der Waals surface area contributed by atoms with Gasteiger partial charge >= 0.3 is 0 Å². The van der Waals surface area contributed by atoms with E-state index in [1.807, 2.05) is 17.0 Å². The van der Waals surface area contributed by atoms with Crippen molar-refractivity contribution in [2.24, 2.45) is 5.92 Å². The molecule has 3 heterocycles. The second-order valence-electron chi connectivity index (χ2n) is 7.71. The third-order valence-electron chi connectivity index (χ3n) is 6.12. The number of hydrogen-bond donors (Lipinski definition) is 3. The van der Waals surface area contributed by atoms with Crippen molar-refractivity contribution in [3.63, 3.8) is 0 Å². The second kappa shape index (κ2) is 7.28. The lowest BCUT2D eigenvalue weighted by atomic mass is 9.77. The minimum Gasteiger partial charge on any atom is -0.454 e. The number of ether oxygens (including phenoxy) is 3. The third-order valence-corrected chi connectivity index (χ3v) is 6.43. The molecule has 0 aromatic heterocycles. The SMILES string of the molecule is O=C([C@@H]1C[C@@H](O)[C@H](O)[C@@H]2NC(=S)N(c3ccc4c(c3)OCO4)[C@H]21)N1CCOCC1. The smallest absolute Gasteiger partial charge is 0.231 e. The number of carbonyl (C=O) groups excluding carboxylic acids is 1. The third kappa shape index (κ3) is 3.10. The van der Waals surface area contributed by atoms with E-state index in [0.29, 0.717) is 42.9 Å². The molecule has 0 unspecified atom stereocenters. The van der Waals surface area contributed by atoms with Gasteiger partial charge in [0.2, 0.25) is 12.7 Å². The molecular formula is C19H23N3O6S. The van der Waals surface area contributed by atoms with Crippen molar-refractivity contribution in [3.05, 3.63) is 18.2 Å². The molecule has 0 radical (unpaired) electrons. The number of morpholine rings is 1. The number of hydrogen-bond acceptors (Lipinski definition) is 7. The van der Waals surface area contributed by atoms with Crippen LogP contribution in [0.4, 0.5) is 5.69 Å². The standard InChI is InChI=1S/C19H23N3O6S/c23-12-8-11(18(25)21-3-5-26-6-4-21)16-15(17(12)24)20-19(29)22(16)10-1-2-13-14(7-10)28-9-27-13/h1-2,7,11-12,15-17,23-24H,3-6,8-9H2,(H,20,29)/t11-,12-,15-,16+,17+/m1/s1. The molecule has 156 valence electrons. The molecule has 0 spiro atoms. The molecule has 1 amide bonds. The predicted octanol–water partition coefficient (Wildman–Crippen LogP) is -0.552. The molecule has 3 fully saturated rings. The van der Waals surface area contributed by atoms with Gasteiger partial charge in [-0.1, -0.05) is 0 Å². The Hall–Kier alpha value is -2.14. The van der Waals surface area contributed by atoms with Crippen LogP contribution >= 0.6 is 12.2 Å². The van der Waals surface area contributed by atoms with E-state index >= 15 is 0 Å². The number of amides is 1. The normalized spacial score (nSPS) is 33.4. The Balaban J connectivity index is 1.50. The summed E-state index contributed by atoms with van der Waals surface area (Å²) in [4.78, 5) is 17.0. The molecule has 5 atom stereocenters. The number of benzene rings is 1. The van der Waals surface area contributed by atoms with Gasteiger partial charge < -0.3 is 39.5 Å². The Morgan fingerprint density at radius 3 is 2.72 bits per heavy atom. The Bertz CT molecular complexity index is 832. The fourth-order valence-corrected chi connectivity index (χ4v) is 5.04. The van der Waals surface area contributed by atoms with Gasteiger partial charge in [-0.25, -0.2) is 0 Å². The van der Waals surface area contributed by atoms with Crippen molar-refractivity contribution in [1.29, 1.82) is 0 Å². The van der Waals surface area contributed by atoms with Gasteiger partial charge in [-0.2, -0.15) is 0 Å². The van der Waals surface area contributed by atoms with E-state index in [4.69, 9.17) is 26.4 Å². The average Bonchev–Trinajstić information content (AvgIpc) is 3.34. The number of rotatable bonds is 2. The topological polar surface area (TPSA) is 104 Å². The van der Waals surface area contributed by atoms with Crippen molar-refractivity contribution in [2.45, 2.75) is 30.7 Å². The fourth-order valence-electron chi connectivity index (χ4n) is 4.68. The van der Waals surface area contributed by atoms with E-state index in [1.165, 1.54) is 0 Å². The molecule has 5 rings (SSSR count). The van der Waals surface area contributed by atoms with E-state index in [0.717, 1.165) is 5.69 Å². The summed E-state index contributed by atoms with van der Waals surface area (Å²) in [6.45, 7) is 2.21. The molecule has 9 nitrogen and oxygen atoms in total. The molecule has 2 saturated heterocycles. The lowest BCUT2D eigenvalue weighted by Gasteiger charge is -2.43. The number of aliphatic hydroxyl groups excluding tert-OH is 2. The molecule has 3 aliphatic heterocycles. The summed E-state index contributed by atoms with van der Waals surface area (Å²) in [7, 11) is 0. The van der Waals surface area contributed by atoms with Gasteiger partial charge in [-0.15, -0.1) is 0 Å². The Labute approximate surface area is 173 Å². The molecule has 10 heteroatoms. The van der Waals surface area contributed by atoms with Crippen LogP contribution in [0, 0.1) is 5.92 Å². The van der Waals surface area contributed by atoms with Gasteiger partial charge in [0.25, 0.3) is 0 Å². The highest BCUT2D eigenvalue weighted by Crippen LogP contribution is 2.41. The van der Waals surface area contributed by atoms with Crippen LogP contribution in [0.1, 0.15) is 6.42 Å². The quantitative estimate of drug-likeness (QED) is 0.543. The zero-order valence-corrected chi connectivity index (χ0v) is 16.5. The van der Waals surface area contributed by atoms with Gasteiger partial charge in [-0.3, -0.25) is 4.79 Å². The molecule has 1 aromatic rings. The van der Waals surface area contributed by atoms with E-state index < -0.39 is 30.2 Å². The summed E-state index contributed by atoms with van der Waals surface area (Å²) in [6, 6.07) is 4.52. The van der Waals surface area contributed by atoms with Crippen LogP contribution in [0.5, 0.6) is 11.5 Å². The van der Waals surface area contributed by atoms with E-state index in [-0.39, 0.29) is 19.1 Å². The van der Waals surface area contributed by atoms with Crippen LogP contribution in [0.3, 0.4) is 0 Å². The summed E-state index contributed by atoms with van der Waals surface area (Å²) < 4.78 is 16.2. The van der Waals surface area contributed by atoms with Crippen LogP contribution in [0.15, 0.2) is 18.2 Å². The lowest BCUT2D eigenvalue weighted by molar-refractivity contribution is -0.145. The Morgan fingerprint density at radius 2 is 1.93 bits per heavy atom. The van der Waals surface area contributed by atoms with Crippen LogP contribution in [0.2, 0.25) is 0 Å². The van der Waals surface area contributed by atoms with Crippen molar-refractivity contribution < 1.29 is 29.2 Å². The first kappa shape index (κ1) is 18.9. The van der Waals surface area contributed by atoms with Gasteiger partial charge in [0, 0.05) is 24.8 Å². The molecule has 4 aliphatic rings. The highest BCUT2D eigenvalue weighted by molar-refractivity contribution is 7.80. The number of aliphatic hydroxyl groups is 2. The second-order valence-corrected chi connectivity index (χ2v) is 8.10. The zero-order valence-electron chi connectivity index (χ0n) is 15.7. The maximum atomic E-state index is 13.4. The summed E-state index contributed by atoms with van der Waals surface area (Å²) in [5, 5.41) is 24.6. The number of fused-ring (bicyclic) bond motifs is 2. The van der Waals surface area contributed by atoms with Gasteiger partial charge in [-0.05, 0) is 30.8 Å². The molecule has 3 N–H and O–H groups in total. The Morgan fingerprint density at radius 1 is 1.17 bits per heavy atom. The summed E-state index contributed by atoms with van der Waals surface area (Å²) in [6.07, 6.45) is -1.85. The molecule has 1 aliphatic carbocycles. The highest BCUT2D eigenvalue weighted by atomic mass is 32.1. The molecule has 1 aromatic carbocycles. The maximum absolute atomic E-state index is 13.4. The van der Waals surface area contributed by atoms with Crippen molar-refractivity contribution in [1.82, 2.24) is 10.2 Å². The van der Waals surface area contributed by atoms with Crippen LogP contribution < -0.4 is 19.7 Å². The zero-order chi connectivity index (χ0) is 20.1. The summed E-state index contributed by atoms with van der Waals surface area (Å²) in [5.74, 6) is 0.700. The number of carbonyl (C=O) groups is 1. The number of thiocarbonyl (C=S) groups is 1. The molecule has 0 bridgehead atoms. The van der Waals surface area contributed by atoms with Gasteiger partial charge in [0.15, 0.2) is 16.6 Å². The number of nitrogens with zero attached hydrogens (tertiary/aromatic N) is 2. The minimum atomic E-state index is -1.02. The van der Waals surface area contributed by atoms with Gasteiger partial charge in [0.1, 0.15) is 6.10 Å². The highest BCUT2D eigenvalue weighted by Gasteiger charge is 2.54. The van der Waals surface area contributed by atoms with Crippen LogP contribution in [0.25, 0.3) is 0 Å². The predicted molar refractivity (Wildman–Crippen MR) is 106 cm³/mol. The molecular weight excluding hydrogens is 398 g/mol. The van der Waals surface area contributed by atoms with E-state index in [2.05, 4.69) is 5.32 Å². The average molecular weight is 421 g/mol. The van der Waals surface area contributed by atoms with Crippen molar-refractivity contribution >= 4 is 28.9 Å². The summed E-state index contributed by atoms with van der Waals surface area (Å²) in [5.41, 5.74) is 0.752. The van der Waals surface area contributed by atoms with E-state index in [9.17, 15) is 15.0 Å². The largest absolute Gasteiger partial charge is 0.454 e. The summed E-state index contributed by atoms with van der Waals surface area (Å²) >= 11 is 5.56. The lowest BCUT2D eigenvalue weighted by Crippen LogP contribution is -2.61. The van der Waals surface area contributed by atoms with Crippen molar-refractivity contribution in [2.75, 3.05) is 38.0 Å². The first-order chi connectivity index (χ1) is 14.0. The van der Waals surface area contributed by atoms with Crippen molar-refractivity contribution in [3.8, 4) is 11.5 Å². The Kier molecular flexibility index (Phi) is 4.73. The molecule has 1 saturated carbocycles. The first-order valence-corrected chi connectivity index (χ1v) is 10.2. The number of anilines is 1. The van der Waals surface area contributed by atoms with E-state index in [1.54, 1.807) is 11.0 Å². The fraction of sp³-hybridized carbons (Fsp3) is 0.579.